The van der Waals surface area contributed by atoms with Crippen LogP contribution in [0.5, 0.6) is 0 Å². The molecule has 0 aromatic carbocycles. The summed E-state index contributed by atoms with van der Waals surface area (Å²) in [6, 6.07) is 2.31. The molecule has 0 saturated heterocycles. The molecule has 3 rings (SSSR count). The number of Topliss-reactive ketones (excluding diaryl/α,β-unsaturated/α-hetero) is 1. The van der Waals surface area contributed by atoms with Crippen LogP contribution in [0.25, 0.3) is 0 Å². The maximum atomic E-state index is 11.9. The van der Waals surface area contributed by atoms with Gasteiger partial charge in [-0.2, -0.15) is 5.26 Å². The molecule has 0 spiro atoms. The highest BCUT2D eigenvalue weighted by molar-refractivity contribution is 5.88. The number of rotatable bonds is 2. The number of hydrogen-bond acceptors (Lipinski definition) is 2. The Balaban J connectivity index is 2.23. The summed E-state index contributed by atoms with van der Waals surface area (Å²) in [5.41, 5.74) is -0.215. The van der Waals surface area contributed by atoms with E-state index in [-0.39, 0.29) is 17.3 Å². The summed E-state index contributed by atoms with van der Waals surface area (Å²) in [5, 5.41) is 8.96. The van der Waals surface area contributed by atoms with Crippen LogP contribution in [-0.4, -0.2) is 5.78 Å². The molecule has 0 aliphatic heterocycles. The van der Waals surface area contributed by atoms with Crippen molar-refractivity contribution in [1.82, 2.24) is 0 Å². The lowest BCUT2D eigenvalue weighted by atomic mass is 9.62. The lowest BCUT2D eigenvalue weighted by molar-refractivity contribution is -0.137. The quantitative estimate of drug-likeness (QED) is 0.648. The minimum atomic E-state index is -0.215. The minimum Gasteiger partial charge on any atom is -0.299 e. The Morgan fingerprint density at radius 1 is 1.54 bits per heavy atom. The van der Waals surface area contributed by atoms with Gasteiger partial charge in [-0.05, 0) is 25.2 Å². The highest BCUT2D eigenvalue weighted by atomic mass is 16.1. The van der Waals surface area contributed by atoms with Crippen molar-refractivity contribution in [3.8, 4) is 6.07 Å². The lowest BCUT2D eigenvalue weighted by Crippen LogP contribution is -2.42. The van der Waals surface area contributed by atoms with E-state index in [2.05, 4.69) is 6.07 Å². The van der Waals surface area contributed by atoms with Gasteiger partial charge in [-0.3, -0.25) is 4.79 Å². The molecule has 0 heterocycles. The summed E-state index contributed by atoms with van der Waals surface area (Å²) < 4.78 is 0. The Hall–Kier alpha value is -0.840. The first kappa shape index (κ1) is 8.74. The molecular formula is C11H15NO. The van der Waals surface area contributed by atoms with E-state index < -0.39 is 0 Å². The second-order valence-corrected chi connectivity index (χ2v) is 4.87. The molecule has 0 aromatic rings. The van der Waals surface area contributed by atoms with E-state index in [4.69, 9.17) is 5.26 Å². The third-order valence-corrected chi connectivity index (χ3v) is 3.71. The van der Waals surface area contributed by atoms with Crippen molar-refractivity contribution in [3.63, 3.8) is 0 Å². The summed E-state index contributed by atoms with van der Waals surface area (Å²) in [6.45, 7) is 3.88. The topological polar surface area (TPSA) is 40.9 Å². The molecule has 0 amide bonds. The van der Waals surface area contributed by atoms with Crippen LogP contribution < -0.4 is 0 Å². The molecule has 3 aliphatic carbocycles. The van der Waals surface area contributed by atoms with E-state index in [0.29, 0.717) is 11.7 Å². The van der Waals surface area contributed by atoms with Crippen LogP contribution in [0.4, 0.5) is 0 Å². The highest BCUT2D eigenvalue weighted by Crippen LogP contribution is 2.63. The summed E-state index contributed by atoms with van der Waals surface area (Å²) in [4.78, 5) is 11.9. The highest BCUT2D eigenvalue weighted by Gasteiger charge is 2.61. The van der Waals surface area contributed by atoms with Gasteiger partial charge in [0.2, 0.25) is 0 Å². The average Bonchev–Trinajstić information content (AvgIpc) is 2.54. The summed E-state index contributed by atoms with van der Waals surface area (Å²) >= 11 is 0. The number of hydrogen-bond donors (Lipinski definition) is 0. The maximum absolute atomic E-state index is 11.9. The average molecular weight is 177 g/mol. The fourth-order valence-electron chi connectivity index (χ4n) is 3.10. The van der Waals surface area contributed by atoms with Crippen LogP contribution in [0, 0.1) is 34.5 Å². The molecule has 2 nitrogen and oxygen atoms in total. The summed E-state index contributed by atoms with van der Waals surface area (Å²) in [7, 11) is 0. The fourth-order valence-corrected chi connectivity index (χ4v) is 3.10. The Morgan fingerprint density at radius 3 is 2.62 bits per heavy atom. The molecule has 1 unspecified atom stereocenters. The van der Waals surface area contributed by atoms with Crippen molar-refractivity contribution < 1.29 is 4.79 Å². The van der Waals surface area contributed by atoms with Crippen molar-refractivity contribution in [1.29, 1.82) is 5.26 Å². The molecule has 70 valence electrons. The van der Waals surface area contributed by atoms with Crippen LogP contribution in [0.1, 0.15) is 33.1 Å². The molecule has 1 atom stereocenters. The molecule has 3 saturated carbocycles. The van der Waals surface area contributed by atoms with E-state index >= 15 is 0 Å². The number of nitriles is 1. The first-order chi connectivity index (χ1) is 6.10. The molecular weight excluding hydrogens is 162 g/mol. The molecule has 3 fully saturated rings. The number of carbonyl (C=O) groups is 1. The van der Waals surface area contributed by atoms with Crippen LogP contribution in [0.15, 0.2) is 0 Å². The predicted octanol–water partition coefficient (Wildman–Crippen LogP) is 2.15. The van der Waals surface area contributed by atoms with Crippen LogP contribution in [-0.2, 0) is 4.79 Å². The first-order valence-corrected chi connectivity index (χ1v) is 5.04. The second kappa shape index (κ2) is 2.57. The number of carbonyl (C=O) groups excluding carboxylic acids is 1. The van der Waals surface area contributed by atoms with Gasteiger partial charge in [0.1, 0.15) is 5.78 Å². The monoisotopic (exact) mass is 177 g/mol. The van der Waals surface area contributed by atoms with Crippen molar-refractivity contribution >= 4 is 5.78 Å². The standard InChI is InChI=1S/C11H15NO/c1-7(2)10(13)11-4-8(5-11)3-9(11)6-12/h7-9H,3-5H2,1-2H3. The van der Waals surface area contributed by atoms with Gasteiger partial charge in [0, 0.05) is 11.3 Å². The Bertz CT molecular complexity index is 281. The zero-order valence-electron chi connectivity index (χ0n) is 8.21. The third-order valence-electron chi connectivity index (χ3n) is 3.71. The van der Waals surface area contributed by atoms with Gasteiger partial charge in [-0.15, -0.1) is 0 Å². The van der Waals surface area contributed by atoms with Crippen molar-refractivity contribution in [3.05, 3.63) is 0 Å². The Labute approximate surface area is 78.9 Å². The minimum absolute atomic E-state index is 0.0207. The van der Waals surface area contributed by atoms with Crippen LogP contribution in [0.2, 0.25) is 0 Å². The maximum Gasteiger partial charge on any atom is 0.142 e. The molecule has 13 heavy (non-hydrogen) atoms. The van der Waals surface area contributed by atoms with Gasteiger partial charge in [0.25, 0.3) is 0 Å². The van der Waals surface area contributed by atoms with Crippen LogP contribution >= 0.6 is 0 Å². The SMILES string of the molecule is CC(C)C(=O)C12CC(CC1C#N)C2. The molecule has 0 N–H and O–H groups in total. The zero-order valence-corrected chi connectivity index (χ0v) is 8.21. The Morgan fingerprint density at radius 2 is 2.15 bits per heavy atom. The van der Waals surface area contributed by atoms with Crippen LogP contribution in [0.3, 0.4) is 0 Å². The van der Waals surface area contributed by atoms with Gasteiger partial charge in [-0.25, -0.2) is 0 Å². The molecule has 0 radical (unpaired) electrons. The summed E-state index contributed by atoms with van der Waals surface area (Å²) in [5.74, 6) is 1.11. The van der Waals surface area contributed by atoms with E-state index in [0.717, 1.165) is 19.3 Å². The van der Waals surface area contributed by atoms with Gasteiger partial charge in [-0.1, -0.05) is 13.8 Å². The van der Waals surface area contributed by atoms with Gasteiger partial charge in [0.15, 0.2) is 0 Å². The normalized spacial score (nSPS) is 41.4. The van der Waals surface area contributed by atoms with Gasteiger partial charge in [0.05, 0.1) is 12.0 Å². The summed E-state index contributed by atoms with van der Waals surface area (Å²) in [6.07, 6.45) is 2.94. The van der Waals surface area contributed by atoms with Gasteiger partial charge >= 0.3 is 0 Å². The lowest BCUT2D eigenvalue weighted by Gasteiger charge is -2.39. The van der Waals surface area contributed by atoms with E-state index in [1.54, 1.807) is 0 Å². The van der Waals surface area contributed by atoms with E-state index in [1.165, 1.54) is 0 Å². The molecule has 2 heteroatoms. The van der Waals surface area contributed by atoms with Crippen molar-refractivity contribution in [2.45, 2.75) is 33.1 Å². The number of ketones is 1. The largest absolute Gasteiger partial charge is 0.299 e. The first-order valence-electron chi connectivity index (χ1n) is 5.04. The molecule has 2 bridgehead atoms. The molecule has 0 aromatic heterocycles. The number of nitrogens with zero attached hydrogens (tertiary/aromatic N) is 1. The number of fused-ring (bicyclic) bond motifs is 1. The van der Waals surface area contributed by atoms with Crippen molar-refractivity contribution in [2.24, 2.45) is 23.2 Å². The smallest absolute Gasteiger partial charge is 0.142 e. The van der Waals surface area contributed by atoms with E-state index in [1.807, 2.05) is 13.8 Å². The van der Waals surface area contributed by atoms with Crippen molar-refractivity contribution in [2.75, 3.05) is 0 Å². The third kappa shape index (κ3) is 0.964. The van der Waals surface area contributed by atoms with E-state index in [9.17, 15) is 4.79 Å². The molecule has 3 aliphatic rings. The zero-order chi connectivity index (χ0) is 9.64. The second-order valence-electron chi connectivity index (χ2n) is 4.87. The predicted molar refractivity (Wildman–Crippen MR) is 48.7 cm³/mol. The fraction of sp³-hybridized carbons (Fsp3) is 0.818. The van der Waals surface area contributed by atoms with Gasteiger partial charge < -0.3 is 0 Å². The Kier molecular flexibility index (Phi) is 1.73.